The van der Waals surface area contributed by atoms with Crippen molar-refractivity contribution in [3.05, 3.63) is 17.5 Å². The van der Waals surface area contributed by atoms with E-state index < -0.39 is 32.4 Å². The first-order chi connectivity index (χ1) is 6.62. The van der Waals surface area contributed by atoms with Crippen LogP contribution in [-0.4, -0.2) is 24.6 Å². The number of rotatable bonds is 1. The van der Waals surface area contributed by atoms with Crippen LogP contribution in [0.4, 0.5) is 13.2 Å². The summed E-state index contributed by atoms with van der Waals surface area (Å²) in [7, 11) is -3.68. The maximum Gasteiger partial charge on any atom is 0.419 e. The molecule has 0 aliphatic heterocycles. The molecule has 4 nitrogen and oxygen atoms in total. The van der Waals surface area contributed by atoms with Crippen molar-refractivity contribution in [2.24, 2.45) is 0 Å². The van der Waals surface area contributed by atoms with E-state index >= 15 is 0 Å². The van der Waals surface area contributed by atoms with Gasteiger partial charge in [0.1, 0.15) is 0 Å². The Bertz CT molecular complexity index is 481. The van der Waals surface area contributed by atoms with Gasteiger partial charge in [-0.2, -0.15) is 13.2 Å². The highest BCUT2D eigenvalue weighted by Gasteiger charge is 2.34. The topological polar surface area (TPSA) is 59.9 Å². The molecule has 0 bridgehead atoms. The fourth-order valence-electron chi connectivity index (χ4n) is 0.903. The Balaban J connectivity index is 3.34. The predicted octanol–water partition coefficient (Wildman–Crippen LogP) is 1.21. The molecule has 0 radical (unpaired) electrons. The Kier molecular flexibility index (Phi) is 2.73. The Morgan fingerprint density at radius 1 is 1.33 bits per heavy atom. The van der Waals surface area contributed by atoms with E-state index in [1.165, 1.54) is 0 Å². The van der Waals surface area contributed by atoms with E-state index in [1.807, 2.05) is 0 Å². The molecule has 0 saturated carbocycles. The molecule has 0 spiro atoms. The number of hydrogen-bond donors (Lipinski definition) is 0. The Hall–Kier alpha value is -1.18. The number of alkyl halides is 3. The van der Waals surface area contributed by atoms with Gasteiger partial charge in [0, 0.05) is 12.5 Å². The van der Waals surface area contributed by atoms with Crippen molar-refractivity contribution in [1.29, 1.82) is 0 Å². The zero-order chi connectivity index (χ0) is 11.9. The van der Waals surface area contributed by atoms with E-state index in [2.05, 4.69) is 9.97 Å². The van der Waals surface area contributed by atoms with E-state index in [0.717, 1.165) is 13.2 Å². The smallest absolute Gasteiger partial charge is 0.226 e. The first-order valence-electron chi connectivity index (χ1n) is 3.73. The van der Waals surface area contributed by atoms with Crippen molar-refractivity contribution in [1.82, 2.24) is 9.97 Å². The molecule has 0 atom stereocenters. The summed E-state index contributed by atoms with van der Waals surface area (Å²) in [5.74, 6) is 0. The highest BCUT2D eigenvalue weighted by Crippen LogP contribution is 2.30. The Labute approximate surface area is 84.1 Å². The van der Waals surface area contributed by atoms with Crippen molar-refractivity contribution in [2.45, 2.75) is 18.3 Å². The van der Waals surface area contributed by atoms with Crippen molar-refractivity contribution in [2.75, 3.05) is 6.26 Å². The molecule has 0 fully saturated rings. The molecule has 1 rings (SSSR count). The zero-order valence-electron chi connectivity index (χ0n) is 7.83. The number of aryl methyl sites for hydroxylation is 1. The van der Waals surface area contributed by atoms with E-state index in [9.17, 15) is 21.6 Å². The highest BCUT2D eigenvalue weighted by molar-refractivity contribution is 7.90. The van der Waals surface area contributed by atoms with Gasteiger partial charge in [-0.25, -0.2) is 18.4 Å². The van der Waals surface area contributed by atoms with Gasteiger partial charge in [-0.05, 0) is 6.92 Å². The van der Waals surface area contributed by atoms with Gasteiger partial charge in [0.25, 0.3) is 0 Å². The van der Waals surface area contributed by atoms with Crippen LogP contribution in [-0.2, 0) is 16.0 Å². The average Bonchev–Trinajstić information content (AvgIpc) is 1.99. The van der Waals surface area contributed by atoms with Gasteiger partial charge in [-0.15, -0.1) is 0 Å². The summed E-state index contributed by atoms with van der Waals surface area (Å²) in [6.45, 7) is 1.08. The normalized spacial score (nSPS) is 12.9. The molecule has 1 heterocycles. The van der Waals surface area contributed by atoms with E-state index in [1.54, 1.807) is 0 Å². The largest absolute Gasteiger partial charge is 0.419 e. The molecule has 0 saturated heterocycles. The summed E-state index contributed by atoms with van der Waals surface area (Å²) >= 11 is 0. The zero-order valence-corrected chi connectivity index (χ0v) is 8.65. The molecule has 0 aliphatic rings. The lowest BCUT2D eigenvalue weighted by atomic mass is 10.2. The van der Waals surface area contributed by atoms with Crippen molar-refractivity contribution in [3.8, 4) is 0 Å². The van der Waals surface area contributed by atoms with E-state index in [0.29, 0.717) is 6.20 Å². The third kappa shape index (κ3) is 2.65. The molecule has 0 amide bonds. The number of aromatic nitrogens is 2. The lowest BCUT2D eigenvalue weighted by molar-refractivity contribution is -0.138. The van der Waals surface area contributed by atoms with Crippen LogP contribution in [0.5, 0.6) is 0 Å². The third-order valence-electron chi connectivity index (χ3n) is 1.59. The number of sulfone groups is 1. The van der Waals surface area contributed by atoms with Gasteiger partial charge in [0.2, 0.25) is 15.0 Å². The molecule has 0 aromatic carbocycles. The standard InChI is InChI=1S/C7H7F3N2O2S/c1-4-5(7(8,9)10)3-11-6(12-4)15(2,13)14/h3H,1-2H3. The summed E-state index contributed by atoms with van der Waals surface area (Å²) in [6.07, 6.45) is -3.27. The third-order valence-corrected chi connectivity index (χ3v) is 2.45. The van der Waals surface area contributed by atoms with Crippen molar-refractivity contribution < 1.29 is 21.6 Å². The van der Waals surface area contributed by atoms with Gasteiger partial charge < -0.3 is 0 Å². The monoisotopic (exact) mass is 240 g/mol. The summed E-state index contributed by atoms with van der Waals surface area (Å²) in [4.78, 5) is 6.45. The van der Waals surface area contributed by atoms with Crippen LogP contribution in [0.1, 0.15) is 11.3 Å². The van der Waals surface area contributed by atoms with Gasteiger partial charge >= 0.3 is 6.18 Å². The molecule has 84 valence electrons. The molecular weight excluding hydrogens is 233 g/mol. The molecule has 1 aromatic heterocycles. The quantitative estimate of drug-likeness (QED) is 0.692. The summed E-state index contributed by atoms with van der Waals surface area (Å²) in [5, 5.41) is -0.604. The first kappa shape index (κ1) is 11.9. The second-order valence-electron chi connectivity index (χ2n) is 2.92. The molecule has 0 N–H and O–H groups in total. The molecule has 8 heteroatoms. The van der Waals surface area contributed by atoms with E-state index in [-0.39, 0.29) is 0 Å². The average molecular weight is 240 g/mol. The summed E-state index contributed by atoms with van der Waals surface area (Å²) < 4.78 is 58.6. The fourth-order valence-corrected chi connectivity index (χ4v) is 1.45. The van der Waals surface area contributed by atoms with Crippen molar-refractivity contribution >= 4 is 9.84 Å². The predicted molar refractivity (Wildman–Crippen MR) is 44.9 cm³/mol. The maximum atomic E-state index is 12.2. The van der Waals surface area contributed by atoms with Crippen LogP contribution < -0.4 is 0 Å². The second-order valence-corrected chi connectivity index (χ2v) is 4.83. The fraction of sp³-hybridized carbons (Fsp3) is 0.429. The van der Waals surface area contributed by atoms with E-state index in [4.69, 9.17) is 0 Å². The van der Waals surface area contributed by atoms with Crippen LogP contribution in [0, 0.1) is 6.92 Å². The van der Waals surface area contributed by atoms with Crippen LogP contribution >= 0.6 is 0 Å². The van der Waals surface area contributed by atoms with Crippen LogP contribution in [0.25, 0.3) is 0 Å². The number of halogens is 3. The lowest BCUT2D eigenvalue weighted by Crippen LogP contribution is -2.13. The highest BCUT2D eigenvalue weighted by atomic mass is 32.2. The van der Waals surface area contributed by atoms with Gasteiger partial charge in [0.05, 0.1) is 11.3 Å². The molecule has 0 aliphatic carbocycles. The second kappa shape index (κ2) is 3.44. The maximum absolute atomic E-state index is 12.2. The minimum atomic E-state index is -4.57. The molecular formula is C7H7F3N2O2S. The SMILES string of the molecule is Cc1nc(S(C)(=O)=O)ncc1C(F)(F)F. The lowest BCUT2D eigenvalue weighted by Gasteiger charge is -2.08. The molecule has 1 aromatic rings. The van der Waals surface area contributed by atoms with Crippen LogP contribution in [0.15, 0.2) is 11.4 Å². The first-order valence-corrected chi connectivity index (χ1v) is 5.62. The minimum Gasteiger partial charge on any atom is -0.226 e. The van der Waals surface area contributed by atoms with Gasteiger partial charge in [-0.1, -0.05) is 0 Å². The van der Waals surface area contributed by atoms with Gasteiger partial charge in [0.15, 0.2) is 0 Å². The number of hydrogen-bond acceptors (Lipinski definition) is 4. The summed E-state index contributed by atoms with van der Waals surface area (Å²) in [5.41, 5.74) is -1.44. The summed E-state index contributed by atoms with van der Waals surface area (Å²) in [6, 6.07) is 0. The van der Waals surface area contributed by atoms with Crippen LogP contribution in [0.2, 0.25) is 0 Å². The van der Waals surface area contributed by atoms with Gasteiger partial charge in [-0.3, -0.25) is 0 Å². The molecule has 15 heavy (non-hydrogen) atoms. The van der Waals surface area contributed by atoms with Crippen molar-refractivity contribution in [3.63, 3.8) is 0 Å². The number of nitrogens with zero attached hydrogens (tertiary/aromatic N) is 2. The van der Waals surface area contributed by atoms with Crippen LogP contribution in [0.3, 0.4) is 0 Å². The Morgan fingerprint density at radius 3 is 2.20 bits per heavy atom. The minimum absolute atomic E-state index is 0.405. The molecule has 0 unspecified atom stereocenters. The Morgan fingerprint density at radius 2 is 1.87 bits per heavy atom.